The van der Waals surface area contributed by atoms with Crippen LogP contribution in [0.25, 0.3) is 0 Å². The van der Waals surface area contributed by atoms with E-state index in [1.165, 1.54) is 24.8 Å². The Morgan fingerprint density at radius 3 is 2.58 bits per heavy atom. The van der Waals surface area contributed by atoms with E-state index in [1.807, 2.05) is 6.08 Å². The maximum atomic E-state index is 11.2. The van der Waals surface area contributed by atoms with E-state index in [0.717, 1.165) is 25.7 Å². The fourth-order valence-electron chi connectivity index (χ4n) is 1.70. The minimum atomic E-state index is 0.328. The van der Waals surface area contributed by atoms with Gasteiger partial charge in [-0.25, -0.2) is 0 Å². The van der Waals surface area contributed by atoms with Crippen molar-refractivity contribution < 1.29 is 4.79 Å². The molecule has 0 aromatic rings. The SMILES string of the molecule is CCCC(=O)C=C1CCCCC1. The molecule has 0 aliphatic heterocycles. The average molecular weight is 166 g/mol. The normalized spacial score (nSPS) is 17.6. The van der Waals surface area contributed by atoms with Gasteiger partial charge >= 0.3 is 0 Å². The Morgan fingerprint density at radius 1 is 1.33 bits per heavy atom. The smallest absolute Gasteiger partial charge is 0.155 e. The van der Waals surface area contributed by atoms with E-state index in [1.54, 1.807) is 0 Å². The standard InChI is InChI=1S/C11H18O/c1-2-6-11(12)9-10-7-4-3-5-8-10/h9H,2-8H2,1H3. The van der Waals surface area contributed by atoms with Crippen LogP contribution in [-0.2, 0) is 4.79 Å². The topological polar surface area (TPSA) is 17.1 Å². The molecule has 0 aromatic heterocycles. The highest BCUT2D eigenvalue weighted by Crippen LogP contribution is 2.22. The molecule has 0 unspecified atom stereocenters. The summed E-state index contributed by atoms with van der Waals surface area (Å²) in [4.78, 5) is 11.2. The Kier molecular flexibility index (Phi) is 4.06. The first-order valence-electron chi connectivity index (χ1n) is 5.05. The summed E-state index contributed by atoms with van der Waals surface area (Å²) in [6.45, 7) is 2.05. The van der Waals surface area contributed by atoms with E-state index < -0.39 is 0 Å². The molecular formula is C11H18O. The van der Waals surface area contributed by atoms with Crippen LogP contribution in [0.1, 0.15) is 51.9 Å². The second-order valence-corrected chi connectivity index (χ2v) is 3.58. The van der Waals surface area contributed by atoms with Crippen LogP contribution in [0.2, 0.25) is 0 Å². The molecule has 0 N–H and O–H groups in total. The zero-order valence-electron chi connectivity index (χ0n) is 7.94. The van der Waals surface area contributed by atoms with Crippen LogP contribution in [0.4, 0.5) is 0 Å². The van der Waals surface area contributed by atoms with Crippen molar-refractivity contribution >= 4 is 5.78 Å². The third kappa shape index (κ3) is 3.21. The first kappa shape index (κ1) is 9.50. The van der Waals surface area contributed by atoms with Crippen molar-refractivity contribution in [3.05, 3.63) is 11.6 Å². The molecule has 0 radical (unpaired) electrons. The van der Waals surface area contributed by atoms with Gasteiger partial charge in [0.25, 0.3) is 0 Å². The Bertz CT molecular complexity index is 171. The number of allylic oxidation sites excluding steroid dienone is 2. The van der Waals surface area contributed by atoms with Crippen molar-refractivity contribution in [1.82, 2.24) is 0 Å². The Hall–Kier alpha value is -0.590. The Balaban J connectivity index is 2.37. The Labute approximate surface area is 74.9 Å². The molecule has 12 heavy (non-hydrogen) atoms. The van der Waals surface area contributed by atoms with E-state index in [2.05, 4.69) is 6.92 Å². The number of rotatable bonds is 3. The lowest BCUT2D eigenvalue weighted by Crippen LogP contribution is -1.98. The highest BCUT2D eigenvalue weighted by Gasteiger charge is 2.06. The molecule has 0 bridgehead atoms. The fraction of sp³-hybridized carbons (Fsp3) is 0.727. The van der Waals surface area contributed by atoms with Crippen molar-refractivity contribution in [3.63, 3.8) is 0 Å². The van der Waals surface area contributed by atoms with E-state index in [4.69, 9.17) is 0 Å². The van der Waals surface area contributed by atoms with Gasteiger partial charge in [0.1, 0.15) is 0 Å². The highest BCUT2D eigenvalue weighted by molar-refractivity contribution is 5.90. The molecule has 1 nitrogen and oxygen atoms in total. The van der Waals surface area contributed by atoms with Gasteiger partial charge in [0, 0.05) is 6.42 Å². The van der Waals surface area contributed by atoms with Crippen LogP contribution in [0, 0.1) is 0 Å². The minimum absolute atomic E-state index is 0.328. The van der Waals surface area contributed by atoms with Crippen molar-refractivity contribution in [2.24, 2.45) is 0 Å². The monoisotopic (exact) mass is 166 g/mol. The lowest BCUT2D eigenvalue weighted by Gasteiger charge is -2.12. The van der Waals surface area contributed by atoms with E-state index in [-0.39, 0.29) is 0 Å². The molecule has 68 valence electrons. The number of hydrogen-bond acceptors (Lipinski definition) is 1. The number of carbonyl (C=O) groups is 1. The number of carbonyl (C=O) groups excluding carboxylic acids is 1. The van der Waals surface area contributed by atoms with Crippen LogP contribution >= 0.6 is 0 Å². The summed E-state index contributed by atoms with van der Waals surface area (Å²) in [5, 5.41) is 0. The zero-order chi connectivity index (χ0) is 8.81. The molecule has 0 heterocycles. The van der Waals surface area contributed by atoms with Gasteiger partial charge in [-0.05, 0) is 38.2 Å². The number of ketones is 1. The Morgan fingerprint density at radius 2 is 2.00 bits per heavy atom. The van der Waals surface area contributed by atoms with Gasteiger partial charge < -0.3 is 0 Å². The second-order valence-electron chi connectivity index (χ2n) is 3.58. The number of hydrogen-bond donors (Lipinski definition) is 0. The molecule has 1 aliphatic rings. The van der Waals surface area contributed by atoms with Gasteiger partial charge in [-0.15, -0.1) is 0 Å². The van der Waals surface area contributed by atoms with Crippen LogP contribution in [0.15, 0.2) is 11.6 Å². The first-order valence-corrected chi connectivity index (χ1v) is 5.05. The molecular weight excluding hydrogens is 148 g/mol. The molecule has 1 fully saturated rings. The lowest BCUT2D eigenvalue weighted by atomic mass is 9.94. The second kappa shape index (κ2) is 5.13. The molecule has 0 amide bonds. The summed E-state index contributed by atoms with van der Waals surface area (Å²) in [5.74, 6) is 0.328. The summed E-state index contributed by atoms with van der Waals surface area (Å²) in [5.41, 5.74) is 1.39. The molecule has 1 aliphatic carbocycles. The van der Waals surface area contributed by atoms with Crippen molar-refractivity contribution in [2.75, 3.05) is 0 Å². The first-order chi connectivity index (χ1) is 5.83. The average Bonchev–Trinajstić information content (AvgIpc) is 2.06. The molecule has 0 aromatic carbocycles. The highest BCUT2D eigenvalue weighted by atomic mass is 16.1. The largest absolute Gasteiger partial charge is 0.295 e. The van der Waals surface area contributed by atoms with Gasteiger partial charge in [-0.1, -0.05) is 18.9 Å². The van der Waals surface area contributed by atoms with Crippen molar-refractivity contribution in [2.45, 2.75) is 51.9 Å². The third-order valence-electron chi connectivity index (χ3n) is 2.36. The van der Waals surface area contributed by atoms with Crippen LogP contribution < -0.4 is 0 Å². The molecule has 1 heteroatoms. The quantitative estimate of drug-likeness (QED) is 0.588. The van der Waals surface area contributed by atoms with Gasteiger partial charge in [-0.3, -0.25) is 4.79 Å². The summed E-state index contributed by atoms with van der Waals surface area (Å²) >= 11 is 0. The summed E-state index contributed by atoms with van der Waals surface area (Å²) in [7, 11) is 0. The summed E-state index contributed by atoms with van der Waals surface area (Å²) in [6, 6.07) is 0. The third-order valence-corrected chi connectivity index (χ3v) is 2.36. The molecule has 1 rings (SSSR count). The maximum absolute atomic E-state index is 11.2. The summed E-state index contributed by atoms with van der Waals surface area (Å²) < 4.78 is 0. The van der Waals surface area contributed by atoms with E-state index >= 15 is 0 Å². The van der Waals surface area contributed by atoms with Gasteiger partial charge in [0.15, 0.2) is 5.78 Å². The van der Waals surface area contributed by atoms with Crippen LogP contribution in [0.3, 0.4) is 0 Å². The predicted molar refractivity (Wildman–Crippen MR) is 51.1 cm³/mol. The summed E-state index contributed by atoms with van der Waals surface area (Å²) in [6.07, 6.45) is 9.83. The zero-order valence-corrected chi connectivity index (χ0v) is 7.94. The van der Waals surface area contributed by atoms with Crippen molar-refractivity contribution in [3.8, 4) is 0 Å². The minimum Gasteiger partial charge on any atom is -0.295 e. The van der Waals surface area contributed by atoms with E-state index in [9.17, 15) is 4.79 Å². The predicted octanol–water partition coefficient (Wildman–Crippen LogP) is 3.25. The maximum Gasteiger partial charge on any atom is 0.155 e. The fourth-order valence-corrected chi connectivity index (χ4v) is 1.70. The molecule has 0 spiro atoms. The molecule has 0 saturated heterocycles. The van der Waals surface area contributed by atoms with Gasteiger partial charge in [-0.2, -0.15) is 0 Å². The van der Waals surface area contributed by atoms with E-state index in [0.29, 0.717) is 5.78 Å². The lowest BCUT2D eigenvalue weighted by molar-refractivity contribution is -0.114. The van der Waals surface area contributed by atoms with Crippen LogP contribution in [-0.4, -0.2) is 5.78 Å². The van der Waals surface area contributed by atoms with Crippen molar-refractivity contribution in [1.29, 1.82) is 0 Å². The van der Waals surface area contributed by atoms with Gasteiger partial charge in [0.2, 0.25) is 0 Å². The molecule has 1 saturated carbocycles. The van der Waals surface area contributed by atoms with Crippen LogP contribution in [0.5, 0.6) is 0 Å². The molecule has 0 atom stereocenters. The van der Waals surface area contributed by atoms with Gasteiger partial charge in [0.05, 0.1) is 0 Å².